The van der Waals surface area contributed by atoms with Gasteiger partial charge in [0.1, 0.15) is 78.5 Å². The van der Waals surface area contributed by atoms with Crippen LogP contribution in [-0.2, 0) is 104 Å². The van der Waals surface area contributed by atoms with E-state index >= 15 is 0 Å². The maximum atomic E-state index is 14.5. The third kappa shape index (κ3) is 43.9. The van der Waals surface area contributed by atoms with Crippen LogP contribution in [0, 0.1) is 23.2 Å². The summed E-state index contributed by atoms with van der Waals surface area (Å²) in [6.07, 6.45) is -5.53. The number of hydrogen-bond acceptors (Lipinski definition) is 22. The lowest BCUT2D eigenvalue weighted by molar-refractivity contribution is -0.140. The summed E-state index contributed by atoms with van der Waals surface area (Å²) in [4.78, 5) is 258. The smallest absolute Gasteiger partial charge is 0.305 e. The Balaban J connectivity index is 2.49. The van der Waals surface area contributed by atoms with Crippen molar-refractivity contribution in [2.24, 2.45) is 35.0 Å². The lowest BCUT2D eigenvalue weighted by Crippen LogP contribution is -2.61. The van der Waals surface area contributed by atoms with Gasteiger partial charge in [-0.2, -0.15) is 0 Å². The van der Waals surface area contributed by atoms with Crippen molar-refractivity contribution in [3.63, 3.8) is 0 Å². The number of carboxylic acids is 4. The number of nitrogens with one attached hydrogen (secondary N) is 17. The summed E-state index contributed by atoms with van der Waals surface area (Å²) >= 11 is 0. The summed E-state index contributed by atoms with van der Waals surface area (Å²) in [5.41, 5.74) is 18.2. The van der Waals surface area contributed by atoms with Crippen molar-refractivity contribution in [1.82, 2.24) is 85.1 Å². The molecular weight excluding hydrogens is 1630 g/mol. The van der Waals surface area contributed by atoms with Crippen LogP contribution in [-0.4, -0.2) is 244 Å². The van der Waals surface area contributed by atoms with Crippen LogP contribution < -0.4 is 102 Å². The minimum Gasteiger partial charge on any atom is -0.481 e. The van der Waals surface area contributed by atoms with Gasteiger partial charge in [-0.15, -0.1) is 0 Å². The van der Waals surface area contributed by atoms with Crippen LogP contribution in [0.25, 0.3) is 0 Å². The Labute approximate surface area is 726 Å². The topological polar surface area (TPSA) is 700 Å². The standard InChI is InChI=1S/C82H130N20O23/c1-11-12-26-51(93-75(119)54(29-33-62(84)103)94-73(117)52(27-19-20-37-83)92-68(112)47(8)91-79(123)59(39-44(2)3)100-78(122)58(42-66(110)111)89-43-50-24-17-14-18-25-50)72(116)96-56(31-35-64(106)107)77(121)97-57(32-36-65(108)109)76(120)95-55(30-34-63(104)105)71(115)90-48(9)69(113)102-67(46(6)7)81(125)98-53(28-21-38-88-82(85)86)74(118)99-60(40-45(4)5)80(124)101-61(70(114)87-10)41-49-22-15-13-16-23-49/h13-18,22-25,44-48,51-61,67,89H,11-12,19-21,26-43,83H2,1-10H3,(H2,84,103)(H,87,114)(H,90,115)(H,91,123)(H,92,112)(H,93,119)(H,94,117)(H,95,120)(H,96,116)(H,97,121)(H,98,125)(H,99,118)(H,100,122)(H,101,124)(H,102,113)(H,104,105)(H,106,107)(H,108,109)(H,110,111)(H4,85,86,88)/t47-,48+,51+,52+,53+,54+,55+,56+,57+,58+,59+,60+,61+,67+/m1/s1. The van der Waals surface area contributed by atoms with Crippen LogP contribution in [0.3, 0.4) is 0 Å². The molecule has 0 spiro atoms. The van der Waals surface area contributed by atoms with Gasteiger partial charge in [-0.25, -0.2) is 0 Å². The minimum atomic E-state index is -1.98. The van der Waals surface area contributed by atoms with Crippen molar-refractivity contribution in [3.05, 3.63) is 71.8 Å². The molecule has 2 rings (SSSR count). The number of benzene rings is 2. The molecule has 15 amide bonds. The van der Waals surface area contributed by atoms with Crippen LogP contribution in [0.15, 0.2) is 60.7 Å². The number of guanidine groups is 1. The lowest BCUT2D eigenvalue weighted by atomic mass is 9.99. The monoisotopic (exact) mass is 1760 g/mol. The second-order valence-electron chi connectivity index (χ2n) is 31.6. The van der Waals surface area contributed by atoms with Gasteiger partial charge in [0.25, 0.3) is 0 Å². The Morgan fingerprint density at radius 1 is 0.360 bits per heavy atom. The zero-order valence-corrected chi connectivity index (χ0v) is 72.6. The molecule has 0 bridgehead atoms. The quantitative estimate of drug-likeness (QED) is 0.0180. The van der Waals surface area contributed by atoms with Crippen LogP contribution in [0.5, 0.6) is 0 Å². The number of aliphatic carboxylic acids is 4. The molecule has 0 aliphatic rings. The number of amides is 15. The lowest BCUT2D eigenvalue weighted by Gasteiger charge is -2.29. The molecule has 0 unspecified atom stereocenters. The zero-order chi connectivity index (χ0) is 94.2. The SMILES string of the molecule is CCCC[C@H](NC(=O)[C@H](CCC(N)=O)NC(=O)[C@H](CCCCN)NC(=O)[C@@H](C)NC(=O)[C@H](CC(C)C)NC(=O)[C@H](CC(=O)O)NCc1ccccc1)C(=O)N[C@@H](CCC(=O)O)C(=O)N[C@@H](CCC(=O)O)C(=O)N[C@@H](CCC(=O)O)C(=O)N[C@@H](C)C(=O)N[C@H](C(=O)N[C@@H](CCCNC(=N)N)C(=O)N[C@@H](CC(C)C)C(=O)N[C@@H](Cc1ccccc1)C(=O)NC)C(C)C. The fraction of sp³-hybridized carbons (Fsp3) is 0.610. The first-order chi connectivity index (χ1) is 58.9. The van der Waals surface area contributed by atoms with Crippen molar-refractivity contribution in [2.75, 3.05) is 20.1 Å². The van der Waals surface area contributed by atoms with Crippen LogP contribution in [0.2, 0.25) is 0 Å². The van der Waals surface area contributed by atoms with Gasteiger partial charge in [0.05, 0.1) is 12.5 Å². The third-order valence-electron chi connectivity index (χ3n) is 19.5. The first-order valence-corrected chi connectivity index (χ1v) is 41.8. The molecule has 0 saturated carbocycles. The van der Waals surface area contributed by atoms with Crippen LogP contribution in [0.1, 0.15) is 195 Å². The summed E-state index contributed by atoms with van der Waals surface area (Å²) in [6.45, 7) is 14.6. The van der Waals surface area contributed by atoms with E-state index in [0.717, 1.165) is 18.1 Å². The van der Waals surface area contributed by atoms with Crippen molar-refractivity contribution < 1.29 is 112 Å². The molecule has 14 atom stereocenters. The summed E-state index contributed by atoms with van der Waals surface area (Å²) in [6, 6.07) is -3.83. The molecule has 0 heterocycles. The molecule has 0 saturated heterocycles. The Bertz CT molecular complexity index is 3950. The largest absolute Gasteiger partial charge is 0.481 e. The van der Waals surface area contributed by atoms with E-state index in [1.807, 2.05) is 0 Å². The minimum absolute atomic E-state index is 0.0360. The molecule has 0 radical (unpaired) electrons. The molecule has 43 heteroatoms. The average Bonchev–Trinajstić information content (AvgIpc) is 0.862. The van der Waals surface area contributed by atoms with Crippen LogP contribution in [0.4, 0.5) is 0 Å². The molecule has 43 nitrogen and oxygen atoms in total. The van der Waals surface area contributed by atoms with Gasteiger partial charge in [-0.1, -0.05) is 122 Å². The molecule has 0 aliphatic heterocycles. The number of carboxylic acid groups (broad SMARTS) is 4. The Hall–Kier alpha value is -12.4. The van der Waals surface area contributed by atoms with E-state index in [1.165, 1.54) is 27.8 Å². The fourth-order valence-electron chi connectivity index (χ4n) is 12.6. The maximum absolute atomic E-state index is 14.5. The summed E-state index contributed by atoms with van der Waals surface area (Å²) in [5, 5.41) is 87.1. The van der Waals surface area contributed by atoms with E-state index < -0.39 is 267 Å². The predicted molar refractivity (Wildman–Crippen MR) is 454 cm³/mol. The highest BCUT2D eigenvalue weighted by molar-refractivity contribution is 6.01. The molecule has 0 aliphatic carbocycles. The van der Waals surface area contributed by atoms with Gasteiger partial charge < -0.3 is 123 Å². The highest BCUT2D eigenvalue weighted by Gasteiger charge is 2.39. The van der Waals surface area contributed by atoms with E-state index in [2.05, 4.69) is 85.1 Å². The van der Waals surface area contributed by atoms with Gasteiger partial charge in [0, 0.05) is 52.2 Å². The predicted octanol–water partition coefficient (Wildman–Crippen LogP) is -2.86. The number of nitrogens with two attached hydrogens (primary N) is 3. The highest BCUT2D eigenvalue weighted by atomic mass is 16.4. The number of carbonyl (C=O) groups is 19. The van der Waals surface area contributed by atoms with E-state index in [1.54, 1.807) is 95.3 Å². The normalized spacial score (nSPS) is 14.4. The number of likely N-dealkylation sites (N-methyl/N-ethyl adjacent to an activating group) is 1. The fourth-order valence-corrected chi connectivity index (χ4v) is 12.6. The van der Waals surface area contributed by atoms with Gasteiger partial charge in [-0.05, 0) is 126 Å². The van der Waals surface area contributed by atoms with Crippen LogP contribution >= 0.6 is 0 Å². The highest BCUT2D eigenvalue weighted by Crippen LogP contribution is 2.16. The molecule has 125 heavy (non-hydrogen) atoms. The van der Waals surface area contributed by atoms with E-state index in [4.69, 9.17) is 22.6 Å². The van der Waals surface area contributed by atoms with Crippen molar-refractivity contribution in [1.29, 1.82) is 5.41 Å². The number of unbranched alkanes of at least 4 members (excludes halogenated alkanes) is 2. The first-order valence-electron chi connectivity index (χ1n) is 41.8. The van der Waals surface area contributed by atoms with E-state index in [-0.39, 0.29) is 89.3 Å². The Morgan fingerprint density at radius 2 is 0.696 bits per heavy atom. The molecule has 27 N–H and O–H groups in total. The van der Waals surface area contributed by atoms with Gasteiger partial charge in [-0.3, -0.25) is 96.5 Å². The van der Waals surface area contributed by atoms with E-state index in [0.29, 0.717) is 12.8 Å². The summed E-state index contributed by atoms with van der Waals surface area (Å²) in [5.74, 6) is -22.1. The molecule has 696 valence electrons. The number of carbonyl (C=O) groups excluding carboxylic acids is 15. The number of hydrogen-bond donors (Lipinski definition) is 24. The van der Waals surface area contributed by atoms with Gasteiger partial charge in [0.15, 0.2) is 5.96 Å². The Morgan fingerprint density at radius 3 is 1.07 bits per heavy atom. The number of primary amides is 1. The number of rotatable bonds is 62. The molecule has 2 aromatic carbocycles. The third-order valence-corrected chi connectivity index (χ3v) is 19.5. The molecule has 0 aromatic heterocycles. The van der Waals surface area contributed by atoms with E-state index in [9.17, 15) is 112 Å². The van der Waals surface area contributed by atoms with Crippen molar-refractivity contribution in [3.8, 4) is 0 Å². The zero-order valence-electron chi connectivity index (χ0n) is 72.6. The summed E-state index contributed by atoms with van der Waals surface area (Å²) in [7, 11) is 1.40. The van der Waals surface area contributed by atoms with Crippen molar-refractivity contribution >= 4 is 118 Å². The first kappa shape index (κ1) is 109. The van der Waals surface area contributed by atoms with Gasteiger partial charge >= 0.3 is 23.9 Å². The molecule has 0 fully saturated rings. The molecular formula is C82H130N20O23. The average molecular weight is 1760 g/mol. The van der Waals surface area contributed by atoms with Crippen molar-refractivity contribution in [2.45, 2.75) is 282 Å². The Kier molecular flexibility index (Phi) is 50.3. The molecule has 2 aromatic rings. The second-order valence-corrected chi connectivity index (χ2v) is 31.6. The second kappa shape index (κ2) is 57.8. The summed E-state index contributed by atoms with van der Waals surface area (Å²) < 4.78 is 0. The maximum Gasteiger partial charge on any atom is 0.305 e. The van der Waals surface area contributed by atoms with Gasteiger partial charge in [0.2, 0.25) is 88.6 Å².